The second kappa shape index (κ2) is 3.74. The maximum atomic E-state index is 11.7. The van der Waals surface area contributed by atoms with Gasteiger partial charge in [0.15, 0.2) is 0 Å². The van der Waals surface area contributed by atoms with Crippen molar-refractivity contribution in [2.45, 2.75) is 0 Å². The largest absolute Gasteiger partial charge is 0.386 e. The van der Waals surface area contributed by atoms with Crippen molar-refractivity contribution >= 4 is 33.7 Å². The summed E-state index contributed by atoms with van der Waals surface area (Å²) in [6.07, 6.45) is 2.43. The van der Waals surface area contributed by atoms with Gasteiger partial charge in [0, 0.05) is 11.1 Å². The van der Waals surface area contributed by atoms with Gasteiger partial charge >= 0.3 is 22.5 Å². The summed E-state index contributed by atoms with van der Waals surface area (Å²) in [5.41, 5.74) is -3.44. The Hall–Kier alpha value is -3.02. The van der Waals surface area contributed by atoms with E-state index in [1.165, 1.54) is 12.2 Å². The van der Waals surface area contributed by atoms with Crippen LogP contribution in [0.15, 0.2) is 41.2 Å². The average Bonchev–Trinajstić information content (AvgIpc) is 2.86. The highest BCUT2D eigenvalue weighted by Crippen LogP contribution is 2.28. The van der Waals surface area contributed by atoms with Gasteiger partial charge < -0.3 is 8.83 Å². The number of rotatable bonds is 2. The number of hydrogen-bond acceptors (Lipinski definition) is 6. The Morgan fingerprint density at radius 2 is 0.850 bits per heavy atom. The first-order valence-electron chi connectivity index (χ1n) is 5.53. The fourth-order valence-corrected chi connectivity index (χ4v) is 2.42. The molecule has 0 aliphatic rings. The van der Waals surface area contributed by atoms with Crippen molar-refractivity contribution in [1.29, 1.82) is 0 Å². The first-order chi connectivity index (χ1) is 9.51. The number of hydrogen-bond donors (Lipinski definition) is 0. The molecule has 0 unspecified atom stereocenters. The fraction of sp³-hybridized carbons (Fsp3) is 0. The van der Waals surface area contributed by atoms with E-state index in [-0.39, 0.29) is 32.7 Å². The summed E-state index contributed by atoms with van der Waals surface area (Å²) in [6.45, 7) is 6.99. The summed E-state index contributed by atoms with van der Waals surface area (Å²) in [4.78, 5) is 47.0. The summed E-state index contributed by atoms with van der Waals surface area (Å²) in [5, 5.41) is -0.369. The Labute approximate surface area is 109 Å². The predicted molar refractivity (Wildman–Crippen MR) is 73.6 cm³/mol. The summed E-state index contributed by atoms with van der Waals surface area (Å²) < 4.78 is 9.06. The number of furan rings is 2. The molecule has 0 bridgehead atoms. The molecule has 20 heavy (non-hydrogen) atoms. The van der Waals surface area contributed by atoms with E-state index >= 15 is 0 Å². The molecule has 0 amide bonds. The molecule has 0 aliphatic heterocycles. The van der Waals surface area contributed by atoms with Crippen LogP contribution in [-0.4, -0.2) is 0 Å². The van der Waals surface area contributed by atoms with Crippen molar-refractivity contribution in [2.24, 2.45) is 0 Å². The van der Waals surface area contributed by atoms with Crippen molar-refractivity contribution in [1.82, 2.24) is 0 Å². The van der Waals surface area contributed by atoms with Gasteiger partial charge in [0.05, 0.1) is 21.5 Å². The monoisotopic (exact) mass is 270 g/mol. The molecule has 0 spiro atoms. The van der Waals surface area contributed by atoms with E-state index in [4.69, 9.17) is 0 Å². The molecule has 3 aromatic rings. The van der Waals surface area contributed by atoms with Crippen LogP contribution in [0.1, 0.15) is 11.1 Å². The van der Waals surface area contributed by atoms with Gasteiger partial charge in [-0.05, 0) is 0 Å². The molecule has 2 heterocycles. The van der Waals surface area contributed by atoms with Crippen LogP contribution < -0.4 is 22.5 Å². The van der Waals surface area contributed by atoms with Gasteiger partial charge in [0.25, 0.3) is 0 Å². The van der Waals surface area contributed by atoms with Gasteiger partial charge in [-0.3, -0.25) is 0 Å². The van der Waals surface area contributed by atoms with Gasteiger partial charge in [-0.15, -0.1) is 0 Å². The molecule has 0 fully saturated rings. The molecule has 6 heteroatoms. The van der Waals surface area contributed by atoms with Crippen molar-refractivity contribution in [3.8, 4) is 0 Å². The van der Waals surface area contributed by atoms with Crippen LogP contribution in [-0.2, 0) is 0 Å². The first kappa shape index (κ1) is 12.0. The summed E-state index contributed by atoms with van der Waals surface area (Å²) >= 11 is 0. The third kappa shape index (κ3) is 1.22. The quantitative estimate of drug-likeness (QED) is 0.683. The zero-order chi connectivity index (χ0) is 14.6. The Kier molecular flexibility index (Phi) is 2.25. The Morgan fingerprint density at radius 3 is 1.05 bits per heavy atom. The van der Waals surface area contributed by atoms with Crippen LogP contribution in [0.5, 0.6) is 0 Å². The fourth-order valence-electron chi connectivity index (χ4n) is 2.42. The van der Waals surface area contributed by atoms with Gasteiger partial charge in [-0.2, -0.15) is 0 Å². The normalized spacial score (nSPS) is 11.2. The minimum Gasteiger partial charge on any atom is -0.386 e. The second-order valence-corrected chi connectivity index (χ2v) is 4.09. The topological polar surface area (TPSA) is 94.6 Å². The zero-order valence-electron chi connectivity index (χ0n) is 10.0. The van der Waals surface area contributed by atoms with E-state index in [0.29, 0.717) is 0 Å². The lowest BCUT2D eigenvalue weighted by Gasteiger charge is -2.00. The number of fused-ring (bicyclic) bond motifs is 2. The van der Waals surface area contributed by atoms with Gasteiger partial charge in [-0.25, -0.2) is 19.2 Å². The van der Waals surface area contributed by atoms with Crippen molar-refractivity contribution in [3.05, 3.63) is 66.0 Å². The molecule has 98 valence electrons. The number of benzene rings is 1. The first-order valence-corrected chi connectivity index (χ1v) is 5.53. The lowest BCUT2D eigenvalue weighted by atomic mass is 9.96. The molecule has 1 aromatic carbocycles. The van der Waals surface area contributed by atoms with Crippen LogP contribution in [0.3, 0.4) is 0 Å². The van der Waals surface area contributed by atoms with E-state index in [9.17, 15) is 19.2 Å². The molecule has 0 saturated carbocycles. The molecule has 0 aliphatic carbocycles. The van der Waals surface area contributed by atoms with Crippen molar-refractivity contribution in [2.75, 3.05) is 0 Å². The lowest BCUT2D eigenvalue weighted by molar-refractivity contribution is 0.498. The van der Waals surface area contributed by atoms with Crippen LogP contribution in [0.2, 0.25) is 0 Å². The average molecular weight is 270 g/mol. The van der Waals surface area contributed by atoms with Gasteiger partial charge in [-0.1, -0.05) is 25.3 Å². The molecule has 6 nitrogen and oxygen atoms in total. The molecule has 0 radical (unpaired) electrons. The maximum Gasteiger partial charge on any atom is 0.347 e. The second-order valence-electron chi connectivity index (χ2n) is 4.09. The van der Waals surface area contributed by atoms with E-state index in [1.54, 1.807) is 0 Å². The summed E-state index contributed by atoms with van der Waals surface area (Å²) in [5.74, 6) is 0. The predicted octanol–water partition coefficient (Wildman–Crippen LogP) is 0.781. The van der Waals surface area contributed by atoms with Crippen LogP contribution in [0.4, 0.5) is 0 Å². The highest BCUT2D eigenvalue weighted by atomic mass is 16.4. The minimum atomic E-state index is -0.891. The molecular weight excluding hydrogens is 264 g/mol. The molecule has 0 saturated heterocycles. The molecule has 0 N–H and O–H groups in total. The van der Waals surface area contributed by atoms with E-state index in [1.807, 2.05) is 0 Å². The third-order valence-corrected chi connectivity index (χ3v) is 3.17. The SMILES string of the molecule is C=Cc1c2c(=O)oc(=O)c2c(C=C)c2c(=O)oc(=O)c12. The smallest absolute Gasteiger partial charge is 0.347 e. The summed E-state index contributed by atoms with van der Waals surface area (Å²) in [7, 11) is 0. The van der Waals surface area contributed by atoms with Crippen molar-refractivity contribution in [3.63, 3.8) is 0 Å². The summed E-state index contributed by atoms with van der Waals surface area (Å²) in [6, 6.07) is 0. The van der Waals surface area contributed by atoms with Crippen LogP contribution in [0.25, 0.3) is 33.7 Å². The standard InChI is InChI=1S/C14H6O6/c1-3-5-7-9(13(17)19-11(7)15)6(4-2)10-8(5)12(16)20-14(10)18/h3-4H,1-2H2. The van der Waals surface area contributed by atoms with Crippen LogP contribution in [0, 0.1) is 0 Å². The van der Waals surface area contributed by atoms with Crippen molar-refractivity contribution < 1.29 is 8.83 Å². The Morgan fingerprint density at radius 1 is 0.600 bits per heavy atom. The zero-order valence-corrected chi connectivity index (χ0v) is 10.0. The Balaban J connectivity index is 2.97. The van der Waals surface area contributed by atoms with Gasteiger partial charge in [0.2, 0.25) is 0 Å². The maximum absolute atomic E-state index is 11.7. The minimum absolute atomic E-state index is 0.0623. The third-order valence-electron chi connectivity index (χ3n) is 3.17. The van der Waals surface area contributed by atoms with E-state index in [0.717, 1.165) is 0 Å². The van der Waals surface area contributed by atoms with Gasteiger partial charge in [0.1, 0.15) is 0 Å². The van der Waals surface area contributed by atoms with E-state index < -0.39 is 22.5 Å². The highest BCUT2D eigenvalue weighted by Gasteiger charge is 2.24. The van der Waals surface area contributed by atoms with E-state index in [2.05, 4.69) is 22.0 Å². The lowest BCUT2D eigenvalue weighted by Crippen LogP contribution is -2.01. The molecule has 2 aromatic heterocycles. The Bertz CT molecular complexity index is 935. The molecule has 0 atom stereocenters. The highest BCUT2D eigenvalue weighted by molar-refractivity contribution is 6.11. The molecule has 3 rings (SSSR count). The molecular formula is C14H6O6. The van der Waals surface area contributed by atoms with Crippen LogP contribution >= 0.6 is 0 Å².